The standard InChI is InChI=1S/C36H57NO14/c1-5-27(37-19-11-14-28(37)43)29(31(44)45)30(32(46)47)35(4,6-2)33(48)50-22-23-51-34(49)36(24(3)40,17-15-25(41)12-7-9-20-38)18-16-26(42)13-8-10-21-39/h27,29-30,38-39H,5-23H2,1-4H3,(H,44,45)(H,46,47). The van der Waals surface area contributed by atoms with Crippen molar-refractivity contribution < 1.29 is 68.3 Å². The van der Waals surface area contributed by atoms with Crippen LogP contribution in [-0.2, 0) is 47.8 Å². The number of aliphatic carboxylic acids is 2. The SMILES string of the molecule is CCC(C(C(=O)O)C(C(=O)O)C(C)(CC)C(=O)OCCOC(=O)C(CCC(=O)CCCCO)(CCC(=O)CCCCO)C(C)=O)N1CCCC1=O. The van der Waals surface area contributed by atoms with Gasteiger partial charge in [0, 0.05) is 57.9 Å². The summed E-state index contributed by atoms with van der Waals surface area (Å²) in [4.78, 5) is 104. The number of esters is 2. The third-order valence-electron chi connectivity index (χ3n) is 10.1. The smallest absolute Gasteiger partial charge is 0.319 e. The Morgan fingerprint density at radius 2 is 1.29 bits per heavy atom. The second kappa shape index (κ2) is 22.3. The summed E-state index contributed by atoms with van der Waals surface area (Å²) in [5.74, 6) is -9.93. The highest BCUT2D eigenvalue weighted by atomic mass is 16.6. The molecule has 4 unspecified atom stereocenters. The number of carbonyl (C=O) groups excluding carboxylic acids is 6. The first kappa shape index (κ1) is 45.3. The Labute approximate surface area is 299 Å². The van der Waals surface area contributed by atoms with E-state index < -0.39 is 71.6 Å². The topological polar surface area (TPSA) is 239 Å². The molecule has 290 valence electrons. The summed E-state index contributed by atoms with van der Waals surface area (Å²) in [5, 5.41) is 38.5. The molecular weight excluding hydrogens is 670 g/mol. The van der Waals surface area contributed by atoms with Crippen molar-refractivity contribution in [3.8, 4) is 0 Å². The fourth-order valence-electron chi connectivity index (χ4n) is 6.75. The van der Waals surface area contributed by atoms with E-state index >= 15 is 0 Å². The number of amides is 1. The molecule has 1 fully saturated rings. The molecule has 0 aromatic carbocycles. The van der Waals surface area contributed by atoms with Crippen LogP contribution in [0.1, 0.15) is 118 Å². The summed E-state index contributed by atoms with van der Waals surface area (Å²) in [6.07, 6.45) is 1.84. The van der Waals surface area contributed by atoms with Crippen LogP contribution in [0.3, 0.4) is 0 Å². The molecule has 0 aromatic rings. The lowest BCUT2D eigenvalue weighted by Gasteiger charge is -2.40. The van der Waals surface area contributed by atoms with Crippen LogP contribution in [0.4, 0.5) is 0 Å². The monoisotopic (exact) mass is 727 g/mol. The van der Waals surface area contributed by atoms with Crippen LogP contribution in [0.25, 0.3) is 0 Å². The van der Waals surface area contributed by atoms with Gasteiger partial charge in [0.1, 0.15) is 36.0 Å². The number of aliphatic hydroxyl groups is 2. The van der Waals surface area contributed by atoms with Gasteiger partial charge in [-0.1, -0.05) is 13.8 Å². The maximum Gasteiger partial charge on any atom is 0.319 e. The van der Waals surface area contributed by atoms with Gasteiger partial charge in [-0.05, 0) is 71.6 Å². The van der Waals surface area contributed by atoms with E-state index in [1.54, 1.807) is 6.92 Å². The molecule has 51 heavy (non-hydrogen) atoms. The first-order valence-electron chi connectivity index (χ1n) is 17.9. The van der Waals surface area contributed by atoms with Crippen LogP contribution in [0.15, 0.2) is 0 Å². The Balaban J connectivity index is 3.17. The van der Waals surface area contributed by atoms with Crippen molar-refractivity contribution in [2.45, 2.75) is 124 Å². The quantitative estimate of drug-likeness (QED) is 0.0515. The van der Waals surface area contributed by atoms with E-state index in [9.17, 15) is 48.6 Å². The van der Waals surface area contributed by atoms with E-state index in [4.69, 9.17) is 19.7 Å². The van der Waals surface area contributed by atoms with E-state index in [1.807, 2.05) is 0 Å². The molecule has 15 heteroatoms. The summed E-state index contributed by atoms with van der Waals surface area (Å²) < 4.78 is 10.7. The molecule has 1 aliphatic heterocycles. The van der Waals surface area contributed by atoms with Crippen molar-refractivity contribution in [2.24, 2.45) is 22.7 Å². The largest absolute Gasteiger partial charge is 0.481 e. The summed E-state index contributed by atoms with van der Waals surface area (Å²) in [5.41, 5.74) is -3.72. The number of hydrogen-bond acceptors (Lipinski definition) is 12. The highest BCUT2D eigenvalue weighted by molar-refractivity contribution is 6.03. The molecule has 1 heterocycles. The van der Waals surface area contributed by atoms with Gasteiger partial charge in [-0.15, -0.1) is 0 Å². The average molecular weight is 728 g/mol. The van der Waals surface area contributed by atoms with Gasteiger partial charge in [0.2, 0.25) is 5.91 Å². The van der Waals surface area contributed by atoms with E-state index in [0.29, 0.717) is 32.1 Å². The van der Waals surface area contributed by atoms with Crippen molar-refractivity contribution in [1.82, 2.24) is 4.90 Å². The Morgan fingerprint density at radius 1 is 0.784 bits per heavy atom. The third kappa shape index (κ3) is 12.8. The molecule has 1 rings (SSSR count). The fraction of sp³-hybridized carbons (Fsp3) is 0.778. The first-order valence-corrected chi connectivity index (χ1v) is 17.9. The Kier molecular flexibility index (Phi) is 19.8. The lowest BCUT2D eigenvalue weighted by Crippen LogP contribution is -2.54. The zero-order valence-corrected chi connectivity index (χ0v) is 30.5. The number of carbonyl (C=O) groups is 8. The van der Waals surface area contributed by atoms with Gasteiger partial charge < -0.3 is 34.8 Å². The fourth-order valence-corrected chi connectivity index (χ4v) is 6.75. The van der Waals surface area contributed by atoms with Crippen LogP contribution < -0.4 is 0 Å². The van der Waals surface area contributed by atoms with E-state index in [2.05, 4.69) is 0 Å². The van der Waals surface area contributed by atoms with Gasteiger partial charge in [0.15, 0.2) is 0 Å². The summed E-state index contributed by atoms with van der Waals surface area (Å²) in [6.45, 7) is 4.55. The first-order chi connectivity index (χ1) is 24.1. The average Bonchev–Trinajstić information content (AvgIpc) is 3.51. The minimum atomic E-state index is -1.87. The number of ketones is 3. The van der Waals surface area contributed by atoms with E-state index in [1.165, 1.54) is 18.7 Å². The number of Topliss-reactive ketones (excluding diaryl/α,β-unsaturated/α-hetero) is 3. The van der Waals surface area contributed by atoms with Crippen LogP contribution in [0.5, 0.6) is 0 Å². The molecule has 4 N–H and O–H groups in total. The molecule has 4 atom stereocenters. The lowest BCUT2D eigenvalue weighted by atomic mass is 9.66. The Morgan fingerprint density at radius 3 is 1.67 bits per heavy atom. The van der Waals surface area contributed by atoms with Gasteiger partial charge in [-0.25, -0.2) is 0 Å². The van der Waals surface area contributed by atoms with Crippen molar-refractivity contribution >= 4 is 47.1 Å². The van der Waals surface area contributed by atoms with Crippen LogP contribution in [0, 0.1) is 22.7 Å². The highest BCUT2D eigenvalue weighted by Crippen LogP contribution is 2.42. The number of carboxylic acids is 2. The maximum absolute atomic E-state index is 13.5. The van der Waals surface area contributed by atoms with Gasteiger partial charge in [-0.3, -0.25) is 38.4 Å². The molecular formula is C36H57NO14. The van der Waals surface area contributed by atoms with Crippen molar-refractivity contribution in [2.75, 3.05) is 33.0 Å². The van der Waals surface area contributed by atoms with Crippen LogP contribution in [0.2, 0.25) is 0 Å². The minimum absolute atomic E-state index is 0.0899. The number of hydrogen-bond donors (Lipinski definition) is 4. The van der Waals surface area contributed by atoms with E-state index in [0.717, 1.165) is 6.92 Å². The highest BCUT2D eigenvalue weighted by Gasteiger charge is 2.55. The van der Waals surface area contributed by atoms with Crippen molar-refractivity contribution in [3.63, 3.8) is 0 Å². The number of carboxylic acid groups (broad SMARTS) is 2. The van der Waals surface area contributed by atoms with E-state index in [-0.39, 0.29) is 95.0 Å². The Hall–Kier alpha value is -3.72. The molecule has 0 saturated carbocycles. The van der Waals surface area contributed by atoms with Crippen LogP contribution in [-0.4, -0.2) is 111 Å². The molecule has 15 nitrogen and oxygen atoms in total. The molecule has 1 amide bonds. The molecule has 1 saturated heterocycles. The third-order valence-corrected chi connectivity index (χ3v) is 10.1. The summed E-state index contributed by atoms with van der Waals surface area (Å²) in [6, 6.07) is -0.985. The normalized spacial score (nSPS) is 16.1. The lowest BCUT2D eigenvalue weighted by molar-refractivity contribution is -0.178. The van der Waals surface area contributed by atoms with Crippen molar-refractivity contribution in [3.05, 3.63) is 0 Å². The van der Waals surface area contributed by atoms with Crippen molar-refractivity contribution in [1.29, 1.82) is 0 Å². The minimum Gasteiger partial charge on any atom is -0.481 e. The Bertz CT molecular complexity index is 1210. The number of ether oxygens (including phenoxy) is 2. The second-order valence-electron chi connectivity index (χ2n) is 13.5. The summed E-state index contributed by atoms with van der Waals surface area (Å²) in [7, 11) is 0. The molecule has 0 radical (unpaired) electrons. The molecule has 0 spiro atoms. The van der Waals surface area contributed by atoms with Gasteiger partial charge in [0.25, 0.3) is 0 Å². The zero-order valence-electron chi connectivity index (χ0n) is 30.5. The number of rotatable bonds is 28. The van der Waals surface area contributed by atoms with Gasteiger partial charge in [0.05, 0.1) is 17.3 Å². The zero-order chi connectivity index (χ0) is 38.8. The molecule has 0 aromatic heterocycles. The van der Waals surface area contributed by atoms with Crippen LogP contribution >= 0.6 is 0 Å². The predicted octanol–water partition coefficient (Wildman–Crippen LogP) is 2.89. The molecule has 1 aliphatic rings. The molecule has 0 aliphatic carbocycles. The number of nitrogens with zero attached hydrogens (tertiary/aromatic N) is 1. The number of aliphatic hydroxyl groups excluding tert-OH is 2. The summed E-state index contributed by atoms with van der Waals surface area (Å²) >= 11 is 0. The number of likely N-dealkylation sites (tertiary alicyclic amines) is 1. The second-order valence-corrected chi connectivity index (χ2v) is 13.5. The predicted molar refractivity (Wildman–Crippen MR) is 181 cm³/mol. The molecule has 0 bridgehead atoms. The maximum atomic E-state index is 13.5. The number of unbranched alkanes of at least 4 members (excludes halogenated alkanes) is 2. The van der Waals surface area contributed by atoms with Gasteiger partial charge >= 0.3 is 23.9 Å². The van der Waals surface area contributed by atoms with Gasteiger partial charge in [-0.2, -0.15) is 0 Å².